The van der Waals surface area contributed by atoms with E-state index in [-0.39, 0.29) is 24.6 Å². The topological polar surface area (TPSA) is 32.3 Å². The summed E-state index contributed by atoms with van der Waals surface area (Å²) in [5.74, 6) is -0.249. The van der Waals surface area contributed by atoms with Crippen LogP contribution in [-0.2, 0) is 23.9 Å². The minimum Gasteiger partial charge on any atom is -0.324 e. The number of rotatable bonds is 6. The molecular weight excluding hydrogens is 341 g/mol. The molecule has 1 amide bonds. The van der Waals surface area contributed by atoms with Crippen LogP contribution in [0.15, 0.2) is 42.5 Å². The Hall–Kier alpha value is -2.34. The van der Waals surface area contributed by atoms with Gasteiger partial charge < -0.3 is 5.32 Å². The number of para-hydroxylation sites is 1. The molecule has 2 rings (SSSR count). The van der Waals surface area contributed by atoms with E-state index in [1.54, 1.807) is 18.0 Å². The average molecular weight is 364 g/mol. The Morgan fingerprint density at radius 1 is 1.08 bits per heavy atom. The fraction of sp³-hybridized carbons (Fsp3) is 0.350. The van der Waals surface area contributed by atoms with Gasteiger partial charge in [0.15, 0.2) is 0 Å². The van der Waals surface area contributed by atoms with E-state index in [1.165, 1.54) is 12.1 Å². The number of alkyl halides is 3. The zero-order chi connectivity index (χ0) is 19.3. The summed E-state index contributed by atoms with van der Waals surface area (Å²) < 4.78 is 39.2. The number of hydrogen-bond acceptors (Lipinski definition) is 2. The van der Waals surface area contributed by atoms with Gasteiger partial charge in [0.2, 0.25) is 5.91 Å². The predicted molar refractivity (Wildman–Crippen MR) is 97.0 cm³/mol. The number of halogens is 3. The van der Waals surface area contributed by atoms with Gasteiger partial charge in [0.1, 0.15) is 0 Å². The van der Waals surface area contributed by atoms with Crippen molar-refractivity contribution in [3.63, 3.8) is 0 Å². The molecule has 0 atom stereocenters. The number of likely N-dealkylation sites (N-methyl/N-ethyl adjacent to an activating group) is 1. The maximum atomic E-state index is 13.1. The molecule has 0 aliphatic heterocycles. The summed E-state index contributed by atoms with van der Waals surface area (Å²) in [6.07, 6.45) is -3.62. The van der Waals surface area contributed by atoms with Crippen molar-refractivity contribution in [3.8, 4) is 0 Å². The molecule has 2 aromatic carbocycles. The number of carbonyl (C=O) groups is 1. The Kier molecular flexibility index (Phi) is 6.42. The Morgan fingerprint density at radius 2 is 1.73 bits per heavy atom. The lowest BCUT2D eigenvalue weighted by molar-refractivity contribution is -0.138. The van der Waals surface area contributed by atoms with Crippen molar-refractivity contribution in [2.75, 3.05) is 18.9 Å². The van der Waals surface area contributed by atoms with Crippen molar-refractivity contribution in [2.45, 2.75) is 33.0 Å². The van der Waals surface area contributed by atoms with E-state index in [2.05, 4.69) is 5.32 Å². The molecule has 0 heterocycles. The quantitative estimate of drug-likeness (QED) is 0.809. The Labute approximate surface area is 151 Å². The first-order valence-electron chi connectivity index (χ1n) is 8.44. The molecule has 26 heavy (non-hydrogen) atoms. The smallest absolute Gasteiger partial charge is 0.324 e. The first-order valence-corrected chi connectivity index (χ1v) is 8.44. The second-order valence-electron chi connectivity index (χ2n) is 6.34. The number of benzene rings is 2. The zero-order valence-electron chi connectivity index (χ0n) is 15.2. The van der Waals surface area contributed by atoms with Gasteiger partial charge in [-0.25, -0.2) is 0 Å². The Morgan fingerprint density at radius 3 is 2.38 bits per heavy atom. The van der Waals surface area contributed by atoms with E-state index in [0.717, 1.165) is 29.3 Å². The molecule has 0 bridgehead atoms. The second kappa shape index (κ2) is 8.36. The van der Waals surface area contributed by atoms with Crippen LogP contribution >= 0.6 is 0 Å². The van der Waals surface area contributed by atoms with E-state index < -0.39 is 11.7 Å². The van der Waals surface area contributed by atoms with E-state index in [4.69, 9.17) is 0 Å². The van der Waals surface area contributed by atoms with Crippen molar-refractivity contribution < 1.29 is 18.0 Å². The molecule has 0 saturated carbocycles. The highest BCUT2D eigenvalue weighted by atomic mass is 19.4. The number of carbonyl (C=O) groups excluding carboxylic acids is 1. The second-order valence-corrected chi connectivity index (χ2v) is 6.34. The molecule has 1 N–H and O–H groups in total. The monoisotopic (exact) mass is 364 g/mol. The lowest BCUT2D eigenvalue weighted by Crippen LogP contribution is -2.31. The van der Waals surface area contributed by atoms with Crippen LogP contribution in [0.5, 0.6) is 0 Å². The van der Waals surface area contributed by atoms with Crippen LogP contribution in [0.3, 0.4) is 0 Å². The number of amides is 1. The van der Waals surface area contributed by atoms with Gasteiger partial charge >= 0.3 is 6.18 Å². The highest BCUT2D eigenvalue weighted by Gasteiger charge is 2.33. The van der Waals surface area contributed by atoms with E-state index in [0.29, 0.717) is 0 Å². The lowest BCUT2D eigenvalue weighted by atomic mass is 10.1. The number of nitrogens with zero attached hydrogens (tertiary/aromatic N) is 1. The minimum absolute atomic E-state index is 0.00365. The maximum absolute atomic E-state index is 13.1. The highest BCUT2D eigenvalue weighted by molar-refractivity contribution is 5.93. The Bertz CT molecular complexity index is 772. The number of hydrogen-bond donors (Lipinski definition) is 1. The summed E-state index contributed by atoms with van der Waals surface area (Å²) >= 11 is 0. The fourth-order valence-corrected chi connectivity index (χ4v) is 2.91. The van der Waals surface area contributed by atoms with Gasteiger partial charge in [-0.1, -0.05) is 43.3 Å². The maximum Gasteiger partial charge on any atom is 0.416 e. The lowest BCUT2D eigenvalue weighted by Gasteiger charge is -2.20. The first-order chi connectivity index (χ1) is 12.2. The molecule has 0 spiro atoms. The normalized spacial score (nSPS) is 11.7. The molecule has 140 valence electrons. The van der Waals surface area contributed by atoms with E-state index in [9.17, 15) is 18.0 Å². The van der Waals surface area contributed by atoms with Gasteiger partial charge in [0.25, 0.3) is 0 Å². The van der Waals surface area contributed by atoms with Crippen LogP contribution < -0.4 is 5.32 Å². The van der Waals surface area contributed by atoms with E-state index in [1.807, 2.05) is 32.0 Å². The molecule has 6 heteroatoms. The van der Waals surface area contributed by atoms with Crippen LogP contribution in [-0.4, -0.2) is 24.4 Å². The summed E-state index contributed by atoms with van der Waals surface area (Å²) in [5.41, 5.74) is 2.26. The zero-order valence-corrected chi connectivity index (χ0v) is 15.2. The highest BCUT2D eigenvalue weighted by Crippen LogP contribution is 2.32. The van der Waals surface area contributed by atoms with E-state index >= 15 is 0 Å². The minimum atomic E-state index is -4.41. The standard InChI is InChI=1S/C20H23F3N2O/c1-4-15-10-7-8-14(2)19(15)24-18(26)13-25(3)12-16-9-5-6-11-17(16)20(21,22)23/h5-11H,4,12-13H2,1-3H3,(H,24,26). The van der Waals surface area contributed by atoms with Crippen LogP contribution in [0.2, 0.25) is 0 Å². The van der Waals surface area contributed by atoms with Gasteiger partial charge in [0.05, 0.1) is 12.1 Å². The molecule has 0 saturated heterocycles. The fourth-order valence-electron chi connectivity index (χ4n) is 2.91. The van der Waals surface area contributed by atoms with Crippen LogP contribution in [0, 0.1) is 6.92 Å². The molecule has 0 aliphatic rings. The van der Waals surface area contributed by atoms with Crippen LogP contribution in [0.4, 0.5) is 18.9 Å². The summed E-state index contributed by atoms with van der Waals surface area (Å²) in [6, 6.07) is 11.2. The van der Waals surface area contributed by atoms with Crippen molar-refractivity contribution in [1.82, 2.24) is 4.90 Å². The summed E-state index contributed by atoms with van der Waals surface area (Å²) in [7, 11) is 1.63. The van der Waals surface area contributed by atoms with Crippen molar-refractivity contribution >= 4 is 11.6 Å². The van der Waals surface area contributed by atoms with Crippen LogP contribution in [0.25, 0.3) is 0 Å². The van der Waals surface area contributed by atoms with Crippen molar-refractivity contribution in [2.24, 2.45) is 0 Å². The third-order valence-corrected chi connectivity index (χ3v) is 4.18. The summed E-state index contributed by atoms with van der Waals surface area (Å²) in [6.45, 7) is 3.96. The molecule has 3 nitrogen and oxygen atoms in total. The van der Waals surface area contributed by atoms with Gasteiger partial charge in [-0.05, 0) is 43.1 Å². The van der Waals surface area contributed by atoms with Gasteiger partial charge in [0, 0.05) is 12.2 Å². The molecule has 0 aromatic heterocycles. The molecular formula is C20H23F3N2O. The van der Waals surface area contributed by atoms with Gasteiger partial charge in [-0.3, -0.25) is 9.69 Å². The molecule has 0 aliphatic carbocycles. The molecule has 0 unspecified atom stereocenters. The van der Waals surface area contributed by atoms with Crippen molar-refractivity contribution in [1.29, 1.82) is 0 Å². The van der Waals surface area contributed by atoms with Crippen molar-refractivity contribution in [3.05, 3.63) is 64.7 Å². The van der Waals surface area contributed by atoms with Gasteiger partial charge in [-0.15, -0.1) is 0 Å². The average Bonchev–Trinajstić information content (AvgIpc) is 2.56. The Balaban J connectivity index is 2.05. The molecule has 0 radical (unpaired) electrons. The summed E-state index contributed by atoms with van der Waals surface area (Å²) in [5, 5.41) is 2.89. The predicted octanol–water partition coefficient (Wildman–Crippen LogP) is 4.65. The van der Waals surface area contributed by atoms with Crippen LogP contribution in [0.1, 0.15) is 29.2 Å². The third kappa shape index (κ3) is 5.08. The molecule has 2 aromatic rings. The largest absolute Gasteiger partial charge is 0.416 e. The molecule has 0 fully saturated rings. The number of anilines is 1. The third-order valence-electron chi connectivity index (χ3n) is 4.18. The number of nitrogens with one attached hydrogen (secondary N) is 1. The SMILES string of the molecule is CCc1cccc(C)c1NC(=O)CN(C)Cc1ccccc1C(F)(F)F. The first kappa shape index (κ1) is 20.0. The summed E-state index contributed by atoms with van der Waals surface area (Å²) in [4.78, 5) is 13.9. The van der Waals surface area contributed by atoms with Gasteiger partial charge in [-0.2, -0.15) is 13.2 Å². The number of aryl methyl sites for hydroxylation is 2.